The first-order chi connectivity index (χ1) is 10.3. The van der Waals surface area contributed by atoms with Crippen molar-refractivity contribution >= 4 is 16.6 Å². The van der Waals surface area contributed by atoms with Crippen LogP contribution in [-0.2, 0) is 6.54 Å². The summed E-state index contributed by atoms with van der Waals surface area (Å²) in [6, 6.07) is 20.4. The third-order valence-electron chi connectivity index (χ3n) is 3.48. The lowest BCUT2D eigenvalue weighted by atomic mass is 10.0. The van der Waals surface area contributed by atoms with Crippen LogP contribution in [0, 0.1) is 18.3 Å². The number of aryl methyl sites for hydroxylation is 1. The number of nitriles is 1. The zero-order chi connectivity index (χ0) is 14.7. The van der Waals surface area contributed by atoms with Crippen LogP contribution in [0.5, 0.6) is 0 Å². The molecule has 21 heavy (non-hydrogen) atoms. The van der Waals surface area contributed by atoms with E-state index in [1.807, 2.05) is 31.2 Å². The van der Waals surface area contributed by atoms with Gasteiger partial charge in [-0.2, -0.15) is 5.26 Å². The van der Waals surface area contributed by atoms with Gasteiger partial charge in [0, 0.05) is 12.2 Å². The highest BCUT2D eigenvalue weighted by atomic mass is 15.0. The molecule has 1 heterocycles. The van der Waals surface area contributed by atoms with Crippen molar-refractivity contribution in [2.45, 2.75) is 13.5 Å². The molecule has 0 fully saturated rings. The van der Waals surface area contributed by atoms with Crippen LogP contribution >= 0.6 is 0 Å². The van der Waals surface area contributed by atoms with E-state index in [0.717, 1.165) is 5.69 Å². The molecule has 1 N–H and O–H groups in total. The fourth-order valence-electron chi connectivity index (χ4n) is 2.41. The van der Waals surface area contributed by atoms with Crippen LogP contribution in [0.15, 0.2) is 54.6 Å². The quantitative estimate of drug-likeness (QED) is 0.783. The second-order valence-corrected chi connectivity index (χ2v) is 4.95. The van der Waals surface area contributed by atoms with E-state index in [1.165, 1.54) is 16.3 Å². The maximum absolute atomic E-state index is 9.15. The van der Waals surface area contributed by atoms with Gasteiger partial charge in [-0.3, -0.25) is 0 Å². The minimum Gasteiger partial charge on any atom is -0.365 e. The summed E-state index contributed by atoms with van der Waals surface area (Å²) >= 11 is 0. The molecule has 3 heteroatoms. The van der Waals surface area contributed by atoms with Crippen molar-refractivity contribution in [3.8, 4) is 6.07 Å². The van der Waals surface area contributed by atoms with Crippen LogP contribution in [-0.4, -0.2) is 4.98 Å². The second kappa shape index (κ2) is 5.64. The normalized spacial score (nSPS) is 10.3. The Labute approximate surface area is 123 Å². The molecule has 0 amide bonds. The van der Waals surface area contributed by atoms with Crippen molar-refractivity contribution in [3.05, 3.63) is 71.4 Å². The lowest BCUT2D eigenvalue weighted by molar-refractivity contribution is 1.09. The number of pyridine rings is 1. The number of benzene rings is 2. The van der Waals surface area contributed by atoms with Gasteiger partial charge in [0.2, 0.25) is 0 Å². The summed E-state index contributed by atoms with van der Waals surface area (Å²) in [5.74, 6) is 0.644. The zero-order valence-corrected chi connectivity index (χ0v) is 11.8. The molecule has 1 aromatic heterocycles. The van der Waals surface area contributed by atoms with Crippen LogP contribution in [0.2, 0.25) is 0 Å². The lowest BCUT2D eigenvalue weighted by Gasteiger charge is -2.10. The lowest BCUT2D eigenvalue weighted by Crippen LogP contribution is -2.04. The summed E-state index contributed by atoms with van der Waals surface area (Å²) in [6.45, 7) is 2.57. The van der Waals surface area contributed by atoms with Crippen LogP contribution in [0.3, 0.4) is 0 Å². The fourth-order valence-corrected chi connectivity index (χ4v) is 2.41. The molecule has 0 aliphatic heterocycles. The van der Waals surface area contributed by atoms with Gasteiger partial charge in [-0.05, 0) is 35.4 Å². The highest BCUT2D eigenvalue weighted by molar-refractivity contribution is 5.85. The molecule has 2 aromatic carbocycles. The molecular formula is C18H15N3. The van der Waals surface area contributed by atoms with E-state index in [9.17, 15) is 0 Å². The molecule has 0 saturated carbocycles. The number of rotatable bonds is 3. The van der Waals surface area contributed by atoms with Crippen LogP contribution < -0.4 is 5.32 Å². The van der Waals surface area contributed by atoms with Gasteiger partial charge in [0.05, 0.1) is 5.56 Å². The van der Waals surface area contributed by atoms with Gasteiger partial charge >= 0.3 is 0 Å². The Morgan fingerprint density at radius 2 is 1.86 bits per heavy atom. The first-order valence-corrected chi connectivity index (χ1v) is 6.86. The van der Waals surface area contributed by atoms with E-state index in [2.05, 4.69) is 40.6 Å². The first-order valence-electron chi connectivity index (χ1n) is 6.86. The number of aromatic nitrogens is 1. The highest BCUT2D eigenvalue weighted by Gasteiger charge is 2.05. The minimum absolute atomic E-state index is 0.570. The Kier molecular flexibility index (Phi) is 3.53. The van der Waals surface area contributed by atoms with Gasteiger partial charge in [-0.1, -0.05) is 42.5 Å². The molecule has 3 rings (SSSR count). The Bertz CT molecular complexity index is 826. The molecule has 3 aromatic rings. The summed E-state index contributed by atoms with van der Waals surface area (Å²) in [5, 5.41) is 14.9. The second-order valence-electron chi connectivity index (χ2n) is 4.95. The van der Waals surface area contributed by atoms with Crippen LogP contribution in [0.4, 0.5) is 5.82 Å². The van der Waals surface area contributed by atoms with Crippen molar-refractivity contribution in [3.63, 3.8) is 0 Å². The van der Waals surface area contributed by atoms with Crippen molar-refractivity contribution in [1.29, 1.82) is 5.26 Å². The summed E-state index contributed by atoms with van der Waals surface area (Å²) in [6.07, 6.45) is 0. The molecule has 102 valence electrons. The topological polar surface area (TPSA) is 48.7 Å². The molecule has 0 radical (unpaired) electrons. The van der Waals surface area contributed by atoms with Gasteiger partial charge in [0.15, 0.2) is 0 Å². The van der Waals surface area contributed by atoms with Crippen molar-refractivity contribution in [2.75, 3.05) is 5.32 Å². The number of hydrogen-bond donors (Lipinski definition) is 1. The van der Waals surface area contributed by atoms with Crippen LogP contribution in [0.1, 0.15) is 16.8 Å². The standard InChI is InChI=1S/C18H15N3/c1-13-9-10-15(11-19)18(21-13)20-12-16-7-4-6-14-5-2-3-8-17(14)16/h2-10H,12H2,1H3,(H,20,21). The maximum Gasteiger partial charge on any atom is 0.144 e. The fraction of sp³-hybridized carbons (Fsp3) is 0.111. The molecule has 0 atom stereocenters. The van der Waals surface area contributed by atoms with Crippen molar-refractivity contribution in [1.82, 2.24) is 4.98 Å². The molecule has 0 aliphatic carbocycles. The molecular weight excluding hydrogens is 258 g/mol. The number of nitrogens with one attached hydrogen (secondary N) is 1. The van der Waals surface area contributed by atoms with Gasteiger partial charge < -0.3 is 5.32 Å². The van der Waals surface area contributed by atoms with Gasteiger partial charge in [-0.25, -0.2) is 4.98 Å². The average molecular weight is 273 g/mol. The Balaban J connectivity index is 1.91. The summed E-state index contributed by atoms with van der Waals surface area (Å²) in [7, 11) is 0. The van der Waals surface area contributed by atoms with Gasteiger partial charge in [-0.15, -0.1) is 0 Å². The van der Waals surface area contributed by atoms with E-state index >= 15 is 0 Å². The minimum atomic E-state index is 0.570. The largest absolute Gasteiger partial charge is 0.365 e. The van der Waals surface area contributed by atoms with E-state index < -0.39 is 0 Å². The number of nitrogens with zero attached hydrogens (tertiary/aromatic N) is 2. The van der Waals surface area contributed by atoms with E-state index in [-0.39, 0.29) is 0 Å². The zero-order valence-electron chi connectivity index (χ0n) is 11.8. The molecule has 0 bridgehead atoms. The Morgan fingerprint density at radius 3 is 2.71 bits per heavy atom. The molecule has 0 spiro atoms. The van der Waals surface area contributed by atoms with Crippen LogP contribution in [0.25, 0.3) is 10.8 Å². The SMILES string of the molecule is Cc1ccc(C#N)c(NCc2cccc3ccccc23)n1. The summed E-state index contributed by atoms with van der Waals surface area (Å²) in [4.78, 5) is 4.41. The molecule has 0 unspecified atom stereocenters. The van der Waals surface area contributed by atoms with Crippen molar-refractivity contribution in [2.24, 2.45) is 0 Å². The Hall–Kier alpha value is -2.86. The van der Waals surface area contributed by atoms with Crippen molar-refractivity contribution < 1.29 is 0 Å². The summed E-state index contributed by atoms with van der Waals surface area (Å²) in [5.41, 5.74) is 2.66. The van der Waals surface area contributed by atoms with E-state index in [4.69, 9.17) is 5.26 Å². The smallest absolute Gasteiger partial charge is 0.144 e. The monoisotopic (exact) mass is 273 g/mol. The van der Waals surface area contributed by atoms with E-state index in [1.54, 1.807) is 6.07 Å². The third kappa shape index (κ3) is 2.70. The average Bonchev–Trinajstić information content (AvgIpc) is 2.53. The predicted molar refractivity (Wildman–Crippen MR) is 85.0 cm³/mol. The number of hydrogen-bond acceptors (Lipinski definition) is 3. The van der Waals surface area contributed by atoms with E-state index in [0.29, 0.717) is 17.9 Å². The Morgan fingerprint density at radius 1 is 1.05 bits per heavy atom. The number of anilines is 1. The number of fused-ring (bicyclic) bond motifs is 1. The van der Waals surface area contributed by atoms with Gasteiger partial charge in [0.1, 0.15) is 11.9 Å². The maximum atomic E-state index is 9.15. The van der Waals surface area contributed by atoms with Gasteiger partial charge in [0.25, 0.3) is 0 Å². The molecule has 0 aliphatic rings. The predicted octanol–water partition coefficient (Wildman–Crippen LogP) is 4.03. The first kappa shape index (κ1) is 13.1. The molecule has 0 saturated heterocycles. The molecule has 3 nitrogen and oxygen atoms in total. The third-order valence-corrected chi connectivity index (χ3v) is 3.48. The highest BCUT2D eigenvalue weighted by Crippen LogP contribution is 2.20. The summed E-state index contributed by atoms with van der Waals surface area (Å²) < 4.78 is 0.